The van der Waals surface area contributed by atoms with Crippen LogP contribution in [0.4, 0.5) is 0 Å². The smallest absolute Gasteiger partial charge is 0.0973 e. The zero-order valence-electron chi connectivity index (χ0n) is 25.8. The molecule has 0 saturated carbocycles. The lowest BCUT2D eigenvalue weighted by Gasteiger charge is -2.13. The minimum absolute atomic E-state index is 0.865. The van der Waals surface area contributed by atoms with Crippen molar-refractivity contribution in [3.05, 3.63) is 158 Å². The zero-order valence-corrected chi connectivity index (χ0v) is 25.8. The van der Waals surface area contributed by atoms with Crippen molar-refractivity contribution < 1.29 is 0 Å². The Hall–Kier alpha value is -6.52. The van der Waals surface area contributed by atoms with Crippen LogP contribution in [0, 0.1) is 0 Å². The topological polar surface area (TPSA) is 35.1 Å². The van der Waals surface area contributed by atoms with Crippen LogP contribution >= 0.6 is 0 Å². The van der Waals surface area contributed by atoms with E-state index in [-0.39, 0.29) is 0 Å². The Kier molecular flexibility index (Phi) is 5.08. The minimum atomic E-state index is 0.865. The first-order valence-electron chi connectivity index (χ1n) is 16.4. The van der Waals surface area contributed by atoms with E-state index in [1.807, 2.05) is 12.1 Å². The summed E-state index contributed by atoms with van der Waals surface area (Å²) in [5.41, 5.74) is 12.7. The third kappa shape index (κ3) is 3.38. The molecular formula is C44H26N4. The molecule has 11 aromatic rings. The highest BCUT2D eigenvalue weighted by atomic mass is 15.0. The van der Waals surface area contributed by atoms with Gasteiger partial charge >= 0.3 is 0 Å². The van der Waals surface area contributed by atoms with Crippen molar-refractivity contribution in [1.82, 2.24) is 18.9 Å². The second kappa shape index (κ2) is 9.50. The fourth-order valence-corrected chi connectivity index (χ4v) is 8.04. The Morgan fingerprint density at radius 2 is 0.917 bits per heavy atom. The lowest BCUT2D eigenvalue weighted by molar-refractivity contribution is 1.18. The van der Waals surface area contributed by atoms with Crippen LogP contribution in [0.5, 0.6) is 0 Å². The fourth-order valence-electron chi connectivity index (χ4n) is 8.04. The number of benzene rings is 7. The molecule has 0 saturated heterocycles. The average molecular weight is 611 g/mol. The van der Waals surface area contributed by atoms with Gasteiger partial charge in [-0.1, -0.05) is 115 Å². The van der Waals surface area contributed by atoms with Gasteiger partial charge in [0.2, 0.25) is 0 Å². The van der Waals surface area contributed by atoms with Gasteiger partial charge in [0.1, 0.15) is 0 Å². The monoisotopic (exact) mass is 610 g/mol. The molecule has 0 fully saturated rings. The molecule has 0 unspecified atom stereocenters. The van der Waals surface area contributed by atoms with E-state index >= 15 is 0 Å². The van der Waals surface area contributed by atoms with Crippen LogP contribution in [0.3, 0.4) is 0 Å². The third-order valence-electron chi connectivity index (χ3n) is 10.0. The molecule has 48 heavy (non-hydrogen) atoms. The van der Waals surface area contributed by atoms with E-state index in [4.69, 9.17) is 9.97 Å². The molecule has 0 aliphatic heterocycles. The van der Waals surface area contributed by atoms with Gasteiger partial charge < -0.3 is 8.97 Å². The second-order valence-corrected chi connectivity index (χ2v) is 12.6. The molecule has 4 heteroatoms. The van der Waals surface area contributed by atoms with Crippen molar-refractivity contribution >= 4 is 70.9 Å². The van der Waals surface area contributed by atoms with Gasteiger partial charge in [0.05, 0.1) is 50.0 Å². The van der Waals surface area contributed by atoms with Crippen molar-refractivity contribution in [2.24, 2.45) is 0 Å². The molecule has 4 aromatic heterocycles. The van der Waals surface area contributed by atoms with Gasteiger partial charge in [-0.15, -0.1) is 0 Å². The lowest BCUT2D eigenvalue weighted by atomic mass is 10.0. The summed E-state index contributed by atoms with van der Waals surface area (Å²) in [6.07, 6.45) is 0. The Bertz CT molecular complexity index is 3040. The molecule has 4 nitrogen and oxygen atoms in total. The van der Waals surface area contributed by atoms with Crippen LogP contribution in [0.2, 0.25) is 0 Å². The number of para-hydroxylation sites is 2. The van der Waals surface area contributed by atoms with Crippen molar-refractivity contribution in [1.29, 1.82) is 0 Å². The summed E-state index contributed by atoms with van der Waals surface area (Å²) in [6.45, 7) is 0. The van der Waals surface area contributed by atoms with Gasteiger partial charge in [-0.25, -0.2) is 9.97 Å². The number of hydrogen-bond acceptors (Lipinski definition) is 2. The molecule has 0 bridgehead atoms. The standard InChI is InChI=1S/C44H26N4/c1-3-12-27(13-4-1)42-43(28-14-5-2-6-15-28)46-35-26-29(24-25-34(35)45-42)47-37-21-10-17-31-33-19-9-18-32-30-16-7-8-20-36(30)48(44(32)33)39-23-11-22-38(47)41(39)40(31)37/h1-26H. The van der Waals surface area contributed by atoms with E-state index < -0.39 is 0 Å². The second-order valence-electron chi connectivity index (χ2n) is 12.6. The van der Waals surface area contributed by atoms with Crippen LogP contribution in [0.15, 0.2) is 158 Å². The van der Waals surface area contributed by atoms with E-state index in [1.165, 1.54) is 59.9 Å². The first-order chi connectivity index (χ1) is 23.8. The first-order valence-corrected chi connectivity index (χ1v) is 16.4. The highest BCUT2D eigenvalue weighted by Gasteiger charge is 2.22. The van der Waals surface area contributed by atoms with Crippen LogP contribution in [-0.4, -0.2) is 18.9 Å². The largest absolute Gasteiger partial charge is 0.309 e. The van der Waals surface area contributed by atoms with Gasteiger partial charge in [-0.3, -0.25) is 0 Å². The highest BCUT2D eigenvalue weighted by molar-refractivity contribution is 6.31. The summed E-state index contributed by atoms with van der Waals surface area (Å²) in [5, 5.41) is 7.62. The number of hydrogen-bond donors (Lipinski definition) is 0. The van der Waals surface area contributed by atoms with Gasteiger partial charge in [0.15, 0.2) is 0 Å². The quantitative estimate of drug-likeness (QED) is 0.199. The van der Waals surface area contributed by atoms with Crippen molar-refractivity contribution in [3.63, 3.8) is 0 Å². The van der Waals surface area contributed by atoms with Crippen molar-refractivity contribution in [2.75, 3.05) is 0 Å². The first kappa shape index (κ1) is 25.6. The predicted octanol–water partition coefficient (Wildman–Crippen LogP) is 11.2. The maximum atomic E-state index is 5.32. The molecule has 0 spiro atoms. The molecule has 0 atom stereocenters. The zero-order chi connectivity index (χ0) is 31.3. The molecule has 222 valence electrons. The van der Waals surface area contributed by atoms with E-state index in [0.717, 1.165) is 39.2 Å². The Morgan fingerprint density at radius 1 is 0.375 bits per heavy atom. The van der Waals surface area contributed by atoms with E-state index in [0.29, 0.717) is 0 Å². The van der Waals surface area contributed by atoms with Gasteiger partial charge in [0.25, 0.3) is 0 Å². The molecule has 0 N–H and O–H groups in total. The summed E-state index contributed by atoms with van der Waals surface area (Å²) < 4.78 is 4.89. The highest BCUT2D eigenvalue weighted by Crippen LogP contribution is 2.44. The van der Waals surface area contributed by atoms with Gasteiger partial charge in [0, 0.05) is 43.7 Å². The lowest BCUT2D eigenvalue weighted by Crippen LogP contribution is -1.98. The number of fused-ring (bicyclic) bond motifs is 6. The molecule has 0 radical (unpaired) electrons. The van der Waals surface area contributed by atoms with Crippen LogP contribution in [0.1, 0.15) is 0 Å². The van der Waals surface area contributed by atoms with E-state index in [1.54, 1.807) is 0 Å². The van der Waals surface area contributed by atoms with Crippen molar-refractivity contribution in [2.45, 2.75) is 0 Å². The number of aromatic nitrogens is 4. The Morgan fingerprint density at radius 3 is 1.69 bits per heavy atom. The molecular weight excluding hydrogens is 585 g/mol. The fraction of sp³-hybridized carbons (Fsp3) is 0. The summed E-state index contributed by atoms with van der Waals surface area (Å²) in [7, 11) is 0. The summed E-state index contributed by atoms with van der Waals surface area (Å²) >= 11 is 0. The van der Waals surface area contributed by atoms with E-state index in [9.17, 15) is 0 Å². The van der Waals surface area contributed by atoms with Crippen LogP contribution in [-0.2, 0) is 0 Å². The number of rotatable bonds is 3. The van der Waals surface area contributed by atoms with Crippen molar-refractivity contribution in [3.8, 4) is 28.2 Å². The Labute approximate surface area is 275 Å². The SMILES string of the molecule is c1ccc(-c2nc3ccc(-n4c5cccc6c7cccc8c9ccccc9n(c9cccc4c9c65)c78)cc3nc2-c2ccccc2)cc1. The normalized spacial score (nSPS) is 12.2. The minimum Gasteiger partial charge on any atom is -0.309 e. The van der Waals surface area contributed by atoms with Gasteiger partial charge in [-0.05, 0) is 47.9 Å². The number of nitrogens with zero attached hydrogens (tertiary/aromatic N) is 4. The Balaban J connectivity index is 1.25. The molecule has 4 heterocycles. The molecule has 0 aliphatic rings. The maximum absolute atomic E-state index is 5.32. The van der Waals surface area contributed by atoms with E-state index in [2.05, 4.69) is 155 Å². The average Bonchev–Trinajstić information content (AvgIpc) is 3.64. The molecule has 7 aromatic carbocycles. The molecule has 11 rings (SSSR count). The summed E-state index contributed by atoms with van der Waals surface area (Å²) in [5.74, 6) is 0. The van der Waals surface area contributed by atoms with Crippen LogP contribution in [0.25, 0.3) is 99.1 Å². The molecule has 0 amide bonds. The summed E-state index contributed by atoms with van der Waals surface area (Å²) in [6, 6.07) is 56.2. The third-order valence-corrected chi connectivity index (χ3v) is 10.0. The summed E-state index contributed by atoms with van der Waals surface area (Å²) in [4.78, 5) is 10.5. The molecule has 0 aliphatic carbocycles. The van der Waals surface area contributed by atoms with Gasteiger partial charge in [-0.2, -0.15) is 0 Å². The predicted molar refractivity (Wildman–Crippen MR) is 199 cm³/mol. The van der Waals surface area contributed by atoms with Crippen LogP contribution < -0.4 is 0 Å². The maximum Gasteiger partial charge on any atom is 0.0973 e.